The molecule has 1 saturated heterocycles. The molecule has 0 aromatic heterocycles. The largest absolute Gasteiger partial charge is 0.444 e. The van der Waals surface area contributed by atoms with Crippen LogP contribution in [-0.4, -0.2) is 47.1 Å². The third kappa shape index (κ3) is 6.09. The molecule has 1 aromatic rings. The zero-order valence-corrected chi connectivity index (χ0v) is 16.4. The molecule has 1 unspecified atom stereocenters. The van der Waals surface area contributed by atoms with Crippen LogP contribution >= 0.6 is 11.6 Å². The molecular weight excluding hydrogens is 374 g/mol. The highest BCUT2D eigenvalue weighted by Gasteiger charge is 2.28. The number of halogens is 1. The van der Waals surface area contributed by atoms with E-state index >= 15 is 0 Å². The van der Waals surface area contributed by atoms with Gasteiger partial charge in [0.15, 0.2) is 0 Å². The highest BCUT2D eigenvalue weighted by Crippen LogP contribution is 2.24. The lowest BCUT2D eigenvalue weighted by molar-refractivity contribution is -0.385. The van der Waals surface area contributed by atoms with E-state index < -0.39 is 16.4 Å². The molecule has 0 saturated carbocycles. The molecule has 8 nitrogen and oxygen atoms in total. The van der Waals surface area contributed by atoms with Crippen molar-refractivity contribution in [2.45, 2.75) is 39.2 Å². The van der Waals surface area contributed by atoms with Crippen LogP contribution in [0.3, 0.4) is 0 Å². The van der Waals surface area contributed by atoms with Gasteiger partial charge in [-0.1, -0.05) is 11.6 Å². The summed E-state index contributed by atoms with van der Waals surface area (Å²) in [5, 5.41) is 14.0. The first kappa shape index (κ1) is 21.0. The summed E-state index contributed by atoms with van der Waals surface area (Å²) in [6.45, 7) is 6.83. The predicted molar refractivity (Wildman–Crippen MR) is 101 cm³/mol. The second-order valence-corrected chi connectivity index (χ2v) is 8.00. The summed E-state index contributed by atoms with van der Waals surface area (Å²) in [5.41, 5.74) is -0.936. The Balaban J connectivity index is 1.95. The number of hydrogen-bond acceptors (Lipinski definition) is 5. The molecule has 27 heavy (non-hydrogen) atoms. The molecule has 1 aliphatic rings. The first-order chi connectivity index (χ1) is 12.6. The quantitative estimate of drug-likeness (QED) is 0.617. The number of nitro groups is 1. The Morgan fingerprint density at radius 2 is 2.11 bits per heavy atom. The predicted octanol–water partition coefficient (Wildman–Crippen LogP) is 3.63. The van der Waals surface area contributed by atoms with Crippen molar-refractivity contribution in [2.75, 3.05) is 19.6 Å². The Bertz CT molecular complexity index is 732. The molecule has 1 atom stereocenters. The van der Waals surface area contributed by atoms with E-state index in [-0.39, 0.29) is 28.3 Å². The average Bonchev–Trinajstić information content (AvgIpc) is 2.58. The minimum Gasteiger partial charge on any atom is -0.444 e. The molecule has 0 radical (unpaired) electrons. The topological polar surface area (TPSA) is 102 Å². The molecule has 1 heterocycles. The highest BCUT2D eigenvalue weighted by atomic mass is 35.5. The van der Waals surface area contributed by atoms with Crippen molar-refractivity contribution in [2.24, 2.45) is 5.92 Å². The van der Waals surface area contributed by atoms with Crippen LogP contribution in [0.5, 0.6) is 0 Å². The number of ether oxygens (including phenoxy) is 1. The summed E-state index contributed by atoms with van der Waals surface area (Å²) in [5.74, 6) is -0.477. The number of amides is 2. The zero-order chi connectivity index (χ0) is 20.2. The second-order valence-electron chi connectivity index (χ2n) is 7.56. The monoisotopic (exact) mass is 397 g/mol. The van der Waals surface area contributed by atoms with E-state index in [0.29, 0.717) is 19.6 Å². The highest BCUT2D eigenvalue weighted by molar-refractivity contribution is 6.31. The summed E-state index contributed by atoms with van der Waals surface area (Å²) in [4.78, 5) is 36.7. The maximum atomic E-state index is 12.4. The van der Waals surface area contributed by atoms with Crippen LogP contribution in [0.1, 0.15) is 44.0 Å². The maximum Gasteiger partial charge on any atom is 0.410 e. The van der Waals surface area contributed by atoms with Gasteiger partial charge in [-0.3, -0.25) is 14.9 Å². The van der Waals surface area contributed by atoms with Crippen molar-refractivity contribution >= 4 is 29.3 Å². The van der Waals surface area contributed by atoms with Gasteiger partial charge in [-0.25, -0.2) is 4.79 Å². The van der Waals surface area contributed by atoms with E-state index in [9.17, 15) is 19.7 Å². The third-order valence-corrected chi connectivity index (χ3v) is 4.36. The van der Waals surface area contributed by atoms with E-state index in [1.165, 1.54) is 12.1 Å². The van der Waals surface area contributed by atoms with Crippen LogP contribution in [0.2, 0.25) is 5.02 Å². The Hall–Kier alpha value is -2.35. The Morgan fingerprint density at radius 3 is 2.74 bits per heavy atom. The van der Waals surface area contributed by atoms with Crippen molar-refractivity contribution in [3.8, 4) is 0 Å². The number of piperidine rings is 1. The molecule has 0 spiro atoms. The standard InChI is InChI=1S/C18H24ClN3O5/c1-18(2,3)27-17(24)21-8-4-5-12(11-21)10-20-16(23)14-7-6-13(19)9-15(14)22(25)26/h6-7,9,12H,4-5,8,10-11H2,1-3H3,(H,20,23). The smallest absolute Gasteiger partial charge is 0.410 e. The van der Waals surface area contributed by atoms with Gasteiger partial charge in [0.05, 0.1) is 4.92 Å². The number of carbonyl (C=O) groups is 2. The van der Waals surface area contributed by atoms with Gasteiger partial charge in [-0.05, 0) is 51.7 Å². The van der Waals surface area contributed by atoms with E-state index in [1.807, 2.05) is 20.8 Å². The first-order valence-corrected chi connectivity index (χ1v) is 9.14. The number of hydrogen-bond donors (Lipinski definition) is 1. The fraction of sp³-hybridized carbons (Fsp3) is 0.556. The van der Waals surface area contributed by atoms with Gasteiger partial charge >= 0.3 is 6.09 Å². The molecule has 1 aromatic carbocycles. The number of carbonyl (C=O) groups excluding carboxylic acids is 2. The molecule has 2 amide bonds. The van der Waals surface area contributed by atoms with E-state index in [4.69, 9.17) is 16.3 Å². The molecule has 0 bridgehead atoms. The fourth-order valence-corrected chi connectivity index (χ4v) is 3.07. The second kappa shape index (κ2) is 8.56. The lowest BCUT2D eigenvalue weighted by atomic mass is 9.98. The van der Waals surface area contributed by atoms with Crippen LogP contribution in [0, 0.1) is 16.0 Å². The summed E-state index contributed by atoms with van der Waals surface area (Å²) in [7, 11) is 0. The van der Waals surface area contributed by atoms with Gasteiger partial charge in [0.2, 0.25) is 0 Å². The SMILES string of the molecule is CC(C)(C)OC(=O)N1CCCC(CNC(=O)c2ccc(Cl)cc2[N+](=O)[O-])C1. The Kier molecular flexibility index (Phi) is 6.64. The van der Waals surface area contributed by atoms with Crippen molar-refractivity contribution in [1.29, 1.82) is 0 Å². The minimum absolute atomic E-state index is 0.0378. The van der Waals surface area contributed by atoms with E-state index in [0.717, 1.165) is 18.9 Å². The normalized spacial score (nSPS) is 17.3. The number of likely N-dealkylation sites (tertiary alicyclic amines) is 1. The van der Waals surface area contributed by atoms with Crippen LogP contribution in [0.25, 0.3) is 0 Å². The lowest BCUT2D eigenvalue weighted by Crippen LogP contribution is -2.45. The number of benzene rings is 1. The van der Waals surface area contributed by atoms with Gasteiger partial charge in [0, 0.05) is 30.7 Å². The minimum atomic E-state index is -0.633. The summed E-state index contributed by atoms with van der Waals surface area (Å²) in [6, 6.07) is 3.93. The molecule has 1 aliphatic heterocycles. The van der Waals surface area contributed by atoms with Crippen LogP contribution in [0.15, 0.2) is 18.2 Å². The van der Waals surface area contributed by atoms with Crippen molar-refractivity contribution in [3.63, 3.8) is 0 Å². The number of rotatable bonds is 4. The van der Waals surface area contributed by atoms with Gasteiger partial charge in [-0.15, -0.1) is 0 Å². The molecule has 0 aliphatic carbocycles. The molecule has 148 valence electrons. The molecule has 9 heteroatoms. The van der Waals surface area contributed by atoms with Crippen LogP contribution in [0.4, 0.5) is 10.5 Å². The molecule has 2 rings (SSSR count). The molecule has 1 fully saturated rings. The maximum absolute atomic E-state index is 12.4. The van der Waals surface area contributed by atoms with E-state index in [2.05, 4.69) is 5.32 Å². The van der Waals surface area contributed by atoms with Crippen molar-refractivity contribution in [3.05, 3.63) is 38.9 Å². The van der Waals surface area contributed by atoms with E-state index in [1.54, 1.807) is 4.90 Å². The Morgan fingerprint density at radius 1 is 1.41 bits per heavy atom. The van der Waals surface area contributed by atoms with Gasteiger partial charge < -0.3 is 15.0 Å². The fourth-order valence-electron chi connectivity index (χ4n) is 2.90. The molecular formula is C18H24ClN3O5. The lowest BCUT2D eigenvalue weighted by Gasteiger charge is -2.34. The summed E-state index contributed by atoms with van der Waals surface area (Å²) < 4.78 is 5.39. The summed E-state index contributed by atoms with van der Waals surface area (Å²) >= 11 is 5.77. The number of nitro benzene ring substituents is 1. The zero-order valence-electron chi connectivity index (χ0n) is 15.7. The van der Waals surface area contributed by atoms with Crippen LogP contribution < -0.4 is 5.32 Å². The van der Waals surface area contributed by atoms with Gasteiger partial charge in [0.1, 0.15) is 11.2 Å². The average molecular weight is 398 g/mol. The number of nitrogens with one attached hydrogen (secondary N) is 1. The Labute approximate surface area is 163 Å². The summed E-state index contributed by atoms with van der Waals surface area (Å²) in [6.07, 6.45) is 1.29. The van der Waals surface area contributed by atoms with Gasteiger partial charge in [0.25, 0.3) is 11.6 Å². The van der Waals surface area contributed by atoms with Gasteiger partial charge in [-0.2, -0.15) is 0 Å². The van der Waals surface area contributed by atoms with Crippen molar-refractivity contribution in [1.82, 2.24) is 10.2 Å². The molecule has 1 N–H and O–H groups in total. The van der Waals surface area contributed by atoms with Crippen LogP contribution in [-0.2, 0) is 4.74 Å². The first-order valence-electron chi connectivity index (χ1n) is 8.77. The number of nitrogens with zero attached hydrogens (tertiary/aromatic N) is 2. The third-order valence-electron chi connectivity index (χ3n) is 4.12. The van der Waals surface area contributed by atoms with Crippen molar-refractivity contribution < 1.29 is 19.2 Å².